The first-order chi connectivity index (χ1) is 9.22. The monoisotopic (exact) mass is 254 g/mol. The molecule has 0 bridgehead atoms. The molecule has 1 saturated heterocycles. The fraction of sp³-hybridized carbons (Fsp3) is 0.333. The molecule has 19 heavy (non-hydrogen) atoms. The summed E-state index contributed by atoms with van der Waals surface area (Å²) in [6, 6.07) is 10.2. The molecule has 0 aliphatic carbocycles. The number of anilines is 2. The second-order valence-corrected chi connectivity index (χ2v) is 5.04. The van der Waals surface area contributed by atoms with Crippen LogP contribution in [0.5, 0.6) is 0 Å². The topological polar surface area (TPSA) is 55.0 Å². The molecule has 1 aliphatic rings. The van der Waals surface area contributed by atoms with E-state index in [0.717, 1.165) is 30.3 Å². The first-order valence-corrected chi connectivity index (χ1v) is 6.69. The highest BCUT2D eigenvalue weighted by Gasteiger charge is 2.16. The Bertz CT molecular complexity index is 571. The zero-order valence-corrected chi connectivity index (χ0v) is 11.1. The maximum Gasteiger partial charge on any atom is 0.227 e. The fourth-order valence-electron chi connectivity index (χ4n) is 2.38. The van der Waals surface area contributed by atoms with Gasteiger partial charge in [0.1, 0.15) is 5.82 Å². The Kier molecular flexibility index (Phi) is 3.07. The van der Waals surface area contributed by atoms with Gasteiger partial charge in [0.25, 0.3) is 0 Å². The van der Waals surface area contributed by atoms with Crippen LogP contribution in [0.25, 0.3) is 11.3 Å². The molecule has 2 aromatic rings. The van der Waals surface area contributed by atoms with Crippen LogP contribution < -0.4 is 10.6 Å². The number of aryl methyl sites for hydroxylation is 1. The normalized spacial score (nSPS) is 14.9. The Hall–Kier alpha value is -2.10. The minimum Gasteiger partial charge on any atom is -0.384 e. The number of nitrogen functional groups attached to an aromatic ring is 1. The zero-order chi connectivity index (χ0) is 13.2. The van der Waals surface area contributed by atoms with Gasteiger partial charge in [0.2, 0.25) is 5.95 Å². The minimum atomic E-state index is 0.535. The van der Waals surface area contributed by atoms with E-state index in [1.807, 2.05) is 6.07 Å². The van der Waals surface area contributed by atoms with Crippen molar-refractivity contribution in [2.75, 3.05) is 23.7 Å². The molecule has 1 fully saturated rings. The summed E-state index contributed by atoms with van der Waals surface area (Å²) >= 11 is 0. The van der Waals surface area contributed by atoms with Gasteiger partial charge in [-0.15, -0.1) is 0 Å². The van der Waals surface area contributed by atoms with E-state index in [1.165, 1.54) is 18.4 Å². The predicted octanol–water partition coefficient (Wildman–Crippen LogP) is 2.63. The summed E-state index contributed by atoms with van der Waals surface area (Å²) in [6.07, 6.45) is 2.41. The van der Waals surface area contributed by atoms with Crippen molar-refractivity contribution in [1.29, 1.82) is 0 Å². The summed E-state index contributed by atoms with van der Waals surface area (Å²) < 4.78 is 0. The Labute approximate surface area is 113 Å². The molecule has 0 spiro atoms. The van der Waals surface area contributed by atoms with Crippen molar-refractivity contribution in [3.05, 3.63) is 35.9 Å². The van der Waals surface area contributed by atoms with E-state index >= 15 is 0 Å². The van der Waals surface area contributed by atoms with Gasteiger partial charge < -0.3 is 10.6 Å². The van der Waals surface area contributed by atoms with Crippen molar-refractivity contribution in [2.45, 2.75) is 19.8 Å². The van der Waals surface area contributed by atoms with Crippen molar-refractivity contribution in [1.82, 2.24) is 9.97 Å². The Morgan fingerprint density at radius 2 is 1.74 bits per heavy atom. The molecule has 2 heterocycles. The van der Waals surface area contributed by atoms with Crippen LogP contribution in [0.1, 0.15) is 18.4 Å². The summed E-state index contributed by atoms with van der Waals surface area (Å²) in [5.74, 6) is 1.29. The zero-order valence-electron chi connectivity index (χ0n) is 11.1. The smallest absolute Gasteiger partial charge is 0.227 e. The van der Waals surface area contributed by atoms with Crippen LogP contribution in [0.2, 0.25) is 0 Å². The number of nitrogens with two attached hydrogens (primary N) is 1. The molecule has 0 radical (unpaired) electrons. The highest BCUT2D eigenvalue weighted by molar-refractivity contribution is 5.64. The lowest BCUT2D eigenvalue weighted by molar-refractivity contribution is 0.902. The maximum atomic E-state index is 5.92. The fourth-order valence-corrected chi connectivity index (χ4v) is 2.38. The maximum absolute atomic E-state index is 5.92. The average molecular weight is 254 g/mol. The quantitative estimate of drug-likeness (QED) is 0.895. The third-order valence-corrected chi connectivity index (χ3v) is 3.47. The molecule has 1 aromatic carbocycles. The molecular formula is C15H18N4. The molecule has 4 heteroatoms. The van der Waals surface area contributed by atoms with Gasteiger partial charge >= 0.3 is 0 Å². The van der Waals surface area contributed by atoms with E-state index in [0.29, 0.717) is 5.82 Å². The summed E-state index contributed by atoms with van der Waals surface area (Å²) in [5.41, 5.74) is 9.14. The van der Waals surface area contributed by atoms with Crippen LogP contribution in [-0.2, 0) is 0 Å². The standard InChI is InChI=1S/C15H18N4/c1-11-4-6-12(7-5-11)13-10-14(16)18-15(17-13)19-8-2-3-9-19/h4-7,10H,2-3,8-9H2,1H3,(H2,16,17,18). The van der Waals surface area contributed by atoms with E-state index in [2.05, 4.69) is 46.1 Å². The van der Waals surface area contributed by atoms with Gasteiger partial charge in [0.05, 0.1) is 5.69 Å². The van der Waals surface area contributed by atoms with Crippen molar-refractivity contribution < 1.29 is 0 Å². The lowest BCUT2D eigenvalue weighted by Crippen LogP contribution is -2.21. The van der Waals surface area contributed by atoms with Gasteiger partial charge in [-0.25, -0.2) is 4.98 Å². The number of benzene rings is 1. The Morgan fingerprint density at radius 1 is 1.05 bits per heavy atom. The molecule has 0 saturated carbocycles. The van der Waals surface area contributed by atoms with Crippen LogP contribution in [0.4, 0.5) is 11.8 Å². The third-order valence-electron chi connectivity index (χ3n) is 3.47. The lowest BCUT2D eigenvalue weighted by atomic mass is 10.1. The molecular weight excluding hydrogens is 236 g/mol. The van der Waals surface area contributed by atoms with Crippen molar-refractivity contribution >= 4 is 11.8 Å². The second kappa shape index (κ2) is 4.88. The molecule has 1 aromatic heterocycles. The van der Waals surface area contributed by atoms with Crippen LogP contribution in [0.3, 0.4) is 0 Å². The average Bonchev–Trinajstić information content (AvgIpc) is 2.93. The van der Waals surface area contributed by atoms with Gasteiger partial charge in [-0.2, -0.15) is 4.98 Å². The number of hydrogen-bond donors (Lipinski definition) is 1. The molecule has 1 aliphatic heterocycles. The summed E-state index contributed by atoms with van der Waals surface area (Å²) in [7, 11) is 0. The largest absolute Gasteiger partial charge is 0.384 e. The highest BCUT2D eigenvalue weighted by atomic mass is 15.3. The van der Waals surface area contributed by atoms with Crippen LogP contribution >= 0.6 is 0 Å². The first-order valence-electron chi connectivity index (χ1n) is 6.69. The number of nitrogens with zero attached hydrogens (tertiary/aromatic N) is 3. The summed E-state index contributed by atoms with van der Waals surface area (Å²) in [5, 5.41) is 0. The SMILES string of the molecule is Cc1ccc(-c2cc(N)nc(N3CCCC3)n2)cc1. The Morgan fingerprint density at radius 3 is 2.42 bits per heavy atom. The second-order valence-electron chi connectivity index (χ2n) is 5.04. The highest BCUT2D eigenvalue weighted by Crippen LogP contribution is 2.23. The summed E-state index contributed by atoms with van der Waals surface area (Å²) in [6.45, 7) is 4.13. The minimum absolute atomic E-state index is 0.535. The Balaban J connectivity index is 1.99. The van der Waals surface area contributed by atoms with Crippen LogP contribution in [0.15, 0.2) is 30.3 Å². The van der Waals surface area contributed by atoms with Gasteiger partial charge in [-0.05, 0) is 19.8 Å². The van der Waals surface area contributed by atoms with Gasteiger partial charge in [-0.1, -0.05) is 29.8 Å². The molecule has 3 rings (SSSR count). The van der Waals surface area contributed by atoms with E-state index in [1.54, 1.807) is 0 Å². The lowest BCUT2D eigenvalue weighted by Gasteiger charge is -2.16. The van der Waals surface area contributed by atoms with Gasteiger partial charge in [-0.3, -0.25) is 0 Å². The molecule has 4 nitrogen and oxygen atoms in total. The molecule has 98 valence electrons. The summed E-state index contributed by atoms with van der Waals surface area (Å²) in [4.78, 5) is 11.2. The number of hydrogen-bond acceptors (Lipinski definition) is 4. The third kappa shape index (κ3) is 2.52. The molecule has 2 N–H and O–H groups in total. The van der Waals surface area contributed by atoms with Crippen molar-refractivity contribution in [2.24, 2.45) is 0 Å². The van der Waals surface area contributed by atoms with E-state index in [4.69, 9.17) is 5.73 Å². The van der Waals surface area contributed by atoms with Crippen molar-refractivity contribution in [3.8, 4) is 11.3 Å². The van der Waals surface area contributed by atoms with E-state index in [-0.39, 0.29) is 0 Å². The van der Waals surface area contributed by atoms with E-state index < -0.39 is 0 Å². The van der Waals surface area contributed by atoms with Gasteiger partial charge in [0.15, 0.2) is 0 Å². The molecule has 0 atom stereocenters. The number of aromatic nitrogens is 2. The van der Waals surface area contributed by atoms with Crippen LogP contribution in [0, 0.1) is 6.92 Å². The van der Waals surface area contributed by atoms with Crippen molar-refractivity contribution in [3.63, 3.8) is 0 Å². The number of rotatable bonds is 2. The molecule has 0 amide bonds. The van der Waals surface area contributed by atoms with E-state index in [9.17, 15) is 0 Å². The van der Waals surface area contributed by atoms with Crippen LogP contribution in [-0.4, -0.2) is 23.1 Å². The predicted molar refractivity (Wildman–Crippen MR) is 78.1 cm³/mol. The van der Waals surface area contributed by atoms with Gasteiger partial charge in [0, 0.05) is 24.7 Å². The molecule has 0 unspecified atom stereocenters. The first kappa shape index (κ1) is 12.0.